The zero-order valence-corrected chi connectivity index (χ0v) is 8.06. The highest BCUT2D eigenvalue weighted by atomic mass is 35.5. The van der Waals surface area contributed by atoms with Gasteiger partial charge in [-0.15, -0.1) is 0 Å². The van der Waals surface area contributed by atoms with Gasteiger partial charge >= 0.3 is 0 Å². The molecule has 0 aromatic heterocycles. The fourth-order valence-electron chi connectivity index (χ4n) is 1.52. The normalized spacial score (nSPS) is 16.5. The van der Waals surface area contributed by atoms with Gasteiger partial charge in [-0.2, -0.15) is 0 Å². The molecule has 1 aromatic carbocycles. The van der Waals surface area contributed by atoms with Crippen LogP contribution in [0.2, 0.25) is 5.02 Å². The summed E-state index contributed by atoms with van der Waals surface area (Å²) in [4.78, 5) is 0. The van der Waals surface area contributed by atoms with E-state index in [-0.39, 0.29) is 0 Å². The average molecular weight is 181 g/mol. The zero-order valence-electron chi connectivity index (χ0n) is 7.31. The van der Waals surface area contributed by atoms with Crippen LogP contribution >= 0.6 is 11.6 Å². The van der Waals surface area contributed by atoms with E-state index >= 15 is 0 Å². The van der Waals surface area contributed by atoms with Gasteiger partial charge in [-0.3, -0.25) is 0 Å². The standard InChI is InChI=1S/C11H13Cl/c1-2-8-3-6-10(7-11(8)12)9-4-5-9/h3,6-7,9H,2,4-5H2,1H3. The molecule has 1 fully saturated rings. The summed E-state index contributed by atoms with van der Waals surface area (Å²) in [7, 11) is 0. The first-order valence-electron chi connectivity index (χ1n) is 4.59. The van der Waals surface area contributed by atoms with Crippen LogP contribution in [0.4, 0.5) is 0 Å². The first-order chi connectivity index (χ1) is 5.81. The van der Waals surface area contributed by atoms with E-state index in [0.717, 1.165) is 17.4 Å². The highest BCUT2D eigenvalue weighted by Crippen LogP contribution is 2.41. The summed E-state index contributed by atoms with van der Waals surface area (Å²) < 4.78 is 0. The molecule has 1 saturated carbocycles. The zero-order chi connectivity index (χ0) is 8.55. The van der Waals surface area contributed by atoms with E-state index in [0.29, 0.717) is 0 Å². The summed E-state index contributed by atoms with van der Waals surface area (Å²) in [6.07, 6.45) is 3.73. The summed E-state index contributed by atoms with van der Waals surface area (Å²) in [5, 5.41) is 0.946. The predicted octanol–water partition coefficient (Wildman–Crippen LogP) is 3.78. The molecular formula is C11H13Cl. The smallest absolute Gasteiger partial charge is 0.0440 e. The Hall–Kier alpha value is -0.490. The van der Waals surface area contributed by atoms with E-state index in [1.807, 2.05) is 0 Å². The predicted molar refractivity (Wildman–Crippen MR) is 52.8 cm³/mol. The van der Waals surface area contributed by atoms with Crippen LogP contribution in [0.15, 0.2) is 18.2 Å². The molecule has 0 aliphatic heterocycles. The van der Waals surface area contributed by atoms with Crippen molar-refractivity contribution in [2.45, 2.75) is 32.1 Å². The van der Waals surface area contributed by atoms with Crippen LogP contribution in [0.1, 0.15) is 36.8 Å². The number of halogens is 1. The number of aryl methyl sites for hydroxylation is 1. The van der Waals surface area contributed by atoms with Crippen molar-refractivity contribution in [3.05, 3.63) is 34.3 Å². The summed E-state index contributed by atoms with van der Waals surface area (Å²) >= 11 is 6.10. The minimum atomic E-state index is 0.813. The van der Waals surface area contributed by atoms with Crippen LogP contribution in [-0.2, 0) is 6.42 Å². The minimum absolute atomic E-state index is 0.813. The molecule has 1 aliphatic carbocycles. The van der Waals surface area contributed by atoms with Gasteiger partial charge in [0.15, 0.2) is 0 Å². The Balaban J connectivity index is 2.30. The van der Waals surface area contributed by atoms with Gasteiger partial charge in [-0.05, 0) is 42.4 Å². The molecule has 64 valence electrons. The SMILES string of the molecule is CCc1ccc(C2CC2)cc1Cl. The average Bonchev–Trinajstić information content (AvgIpc) is 2.86. The summed E-state index contributed by atoms with van der Waals surface area (Å²) in [6.45, 7) is 2.14. The Kier molecular flexibility index (Phi) is 2.10. The lowest BCUT2D eigenvalue weighted by molar-refractivity contribution is 1.09. The van der Waals surface area contributed by atoms with E-state index in [1.165, 1.54) is 24.0 Å². The molecule has 1 aromatic rings. The van der Waals surface area contributed by atoms with Gasteiger partial charge in [-0.25, -0.2) is 0 Å². The maximum Gasteiger partial charge on any atom is 0.0440 e. The molecule has 0 saturated heterocycles. The highest BCUT2D eigenvalue weighted by Gasteiger charge is 2.23. The number of benzene rings is 1. The Morgan fingerprint density at radius 1 is 1.42 bits per heavy atom. The van der Waals surface area contributed by atoms with Crippen molar-refractivity contribution in [3.8, 4) is 0 Å². The monoisotopic (exact) mass is 180 g/mol. The van der Waals surface area contributed by atoms with Gasteiger partial charge < -0.3 is 0 Å². The highest BCUT2D eigenvalue weighted by molar-refractivity contribution is 6.31. The number of rotatable bonds is 2. The summed E-state index contributed by atoms with van der Waals surface area (Å²) in [5.74, 6) is 0.813. The molecule has 0 spiro atoms. The van der Waals surface area contributed by atoms with Crippen LogP contribution in [0, 0.1) is 0 Å². The Morgan fingerprint density at radius 2 is 2.17 bits per heavy atom. The lowest BCUT2D eigenvalue weighted by Gasteiger charge is -2.03. The van der Waals surface area contributed by atoms with Crippen molar-refractivity contribution in [2.24, 2.45) is 0 Å². The van der Waals surface area contributed by atoms with Gasteiger partial charge in [0.2, 0.25) is 0 Å². The van der Waals surface area contributed by atoms with E-state index in [2.05, 4.69) is 25.1 Å². The first-order valence-corrected chi connectivity index (χ1v) is 4.97. The molecule has 1 aliphatic rings. The van der Waals surface area contributed by atoms with Crippen LogP contribution in [-0.4, -0.2) is 0 Å². The van der Waals surface area contributed by atoms with Crippen LogP contribution < -0.4 is 0 Å². The van der Waals surface area contributed by atoms with Crippen molar-refractivity contribution in [1.82, 2.24) is 0 Å². The molecule has 0 atom stereocenters. The Labute approximate surface area is 78.6 Å². The molecule has 0 bridgehead atoms. The molecule has 2 rings (SSSR count). The quantitative estimate of drug-likeness (QED) is 0.650. The molecule has 0 amide bonds. The summed E-state index contributed by atoms with van der Waals surface area (Å²) in [5.41, 5.74) is 2.69. The second-order valence-electron chi connectivity index (χ2n) is 3.48. The van der Waals surface area contributed by atoms with Crippen molar-refractivity contribution in [2.75, 3.05) is 0 Å². The van der Waals surface area contributed by atoms with Gasteiger partial charge in [0, 0.05) is 5.02 Å². The van der Waals surface area contributed by atoms with Crippen LogP contribution in [0.5, 0.6) is 0 Å². The Morgan fingerprint density at radius 3 is 2.67 bits per heavy atom. The molecule has 0 nitrogen and oxygen atoms in total. The third-order valence-corrected chi connectivity index (χ3v) is 2.86. The second-order valence-corrected chi connectivity index (χ2v) is 3.89. The van der Waals surface area contributed by atoms with E-state index < -0.39 is 0 Å². The van der Waals surface area contributed by atoms with E-state index in [4.69, 9.17) is 11.6 Å². The number of hydrogen-bond acceptors (Lipinski definition) is 0. The molecule has 1 heteroatoms. The van der Waals surface area contributed by atoms with E-state index in [1.54, 1.807) is 0 Å². The van der Waals surface area contributed by atoms with Gasteiger partial charge in [0.05, 0.1) is 0 Å². The van der Waals surface area contributed by atoms with Gasteiger partial charge in [0.1, 0.15) is 0 Å². The maximum atomic E-state index is 6.10. The minimum Gasteiger partial charge on any atom is -0.0840 e. The third kappa shape index (κ3) is 1.49. The van der Waals surface area contributed by atoms with Crippen molar-refractivity contribution in [3.63, 3.8) is 0 Å². The maximum absolute atomic E-state index is 6.10. The summed E-state index contributed by atoms with van der Waals surface area (Å²) in [6, 6.07) is 6.52. The topological polar surface area (TPSA) is 0 Å². The molecule has 0 radical (unpaired) electrons. The molecule has 0 unspecified atom stereocenters. The molecular weight excluding hydrogens is 168 g/mol. The molecule has 12 heavy (non-hydrogen) atoms. The Bertz CT molecular complexity index is 287. The fraction of sp³-hybridized carbons (Fsp3) is 0.455. The van der Waals surface area contributed by atoms with Crippen molar-refractivity contribution < 1.29 is 0 Å². The molecule has 0 N–H and O–H groups in total. The fourth-order valence-corrected chi connectivity index (χ4v) is 1.84. The largest absolute Gasteiger partial charge is 0.0840 e. The van der Waals surface area contributed by atoms with Crippen LogP contribution in [0.25, 0.3) is 0 Å². The third-order valence-electron chi connectivity index (χ3n) is 2.51. The van der Waals surface area contributed by atoms with E-state index in [9.17, 15) is 0 Å². The van der Waals surface area contributed by atoms with Crippen LogP contribution in [0.3, 0.4) is 0 Å². The van der Waals surface area contributed by atoms with Gasteiger partial charge in [0.25, 0.3) is 0 Å². The second kappa shape index (κ2) is 3.10. The lowest BCUT2D eigenvalue weighted by Crippen LogP contribution is -1.85. The first kappa shape index (κ1) is 8.12. The van der Waals surface area contributed by atoms with Crippen molar-refractivity contribution >= 4 is 11.6 Å². The molecule has 0 heterocycles. The van der Waals surface area contributed by atoms with Gasteiger partial charge in [-0.1, -0.05) is 30.7 Å². The number of hydrogen-bond donors (Lipinski definition) is 0. The van der Waals surface area contributed by atoms with Crippen molar-refractivity contribution in [1.29, 1.82) is 0 Å². The lowest BCUT2D eigenvalue weighted by atomic mass is 10.1.